The zero-order chi connectivity index (χ0) is 15.1. The maximum Gasteiger partial charge on any atom is 0.317 e. The van der Waals surface area contributed by atoms with Gasteiger partial charge in [0.05, 0.1) is 19.1 Å². The van der Waals surface area contributed by atoms with Gasteiger partial charge < -0.3 is 10.4 Å². The number of carboxylic acid groups (broad SMARTS) is 1. The minimum absolute atomic E-state index is 0.0222. The van der Waals surface area contributed by atoms with Crippen molar-refractivity contribution in [3.63, 3.8) is 0 Å². The molecule has 0 aliphatic carbocycles. The van der Waals surface area contributed by atoms with Gasteiger partial charge in [-0.2, -0.15) is 0 Å². The minimum atomic E-state index is -0.918. The van der Waals surface area contributed by atoms with E-state index < -0.39 is 5.97 Å². The summed E-state index contributed by atoms with van der Waals surface area (Å²) in [4.78, 5) is 25.5. The van der Waals surface area contributed by atoms with Crippen LogP contribution in [0.5, 0.6) is 0 Å². The molecule has 1 amide bonds. The Morgan fingerprint density at radius 1 is 1.40 bits per heavy atom. The third-order valence-electron chi connectivity index (χ3n) is 3.01. The van der Waals surface area contributed by atoms with Crippen LogP contribution in [0.2, 0.25) is 0 Å². The molecule has 0 aliphatic heterocycles. The molecule has 0 spiro atoms. The standard InChI is InChI=1S/C14H22N2O3S/c1-4-16(9-13(18)19)8-12(17)15-14(10(2)3)11-6-5-7-20-11/h5-7,10,14H,4,8-9H2,1-3H3,(H,15,17)(H,18,19). The molecule has 0 bridgehead atoms. The van der Waals surface area contributed by atoms with E-state index in [4.69, 9.17) is 5.11 Å². The fraction of sp³-hybridized carbons (Fsp3) is 0.571. The molecule has 1 heterocycles. The van der Waals surface area contributed by atoms with Crippen molar-refractivity contribution >= 4 is 23.2 Å². The SMILES string of the molecule is CCN(CC(=O)O)CC(=O)NC(c1cccs1)C(C)C. The van der Waals surface area contributed by atoms with Crippen LogP contribution in [0.3, 0.4) is 0 Å². The van der Waals surface area contributed by atoms with Crippen LogP contribution >= 0.6 is 11.3 Å². The summed E-state index contributed by atoms with van der Waals surface area (Å²) >= 11 is 1.61. The molecule has 6 heteroatoms. The van der Waals surface area contributed by atoms with E-state index in [0.717, 1.165) is 4.88 Å². The van der Waals surface area contributed by atoms with Gasteiger partial charge in [-0.15, -0.1) is 11.3 Å². The van der Waals surface area contributed by atoms with Crippen molar-refractivity contribution in [3.8, 4) is 0 Å². The Kier molecular flexibility index (Phi) is 6.67. The highest BCUT2D eigenvalue weighted by Crippen LogP contribution is 2.25. The Morgan fingerprint density at radius 3 is 2.55 bits per heavy atom. The number of aliphatic carboxylic acids is 1. The van der Waals surface area contributed by atoms with Gasteiger partial charge in [-0.1, -0.05) is 26.8 Å². The summed E-state index contributed by atoms with van der Waals surface area (Å²) in [6, 6.07) is 3.94. The molecule has 1 aromatic rings. The first-order valence-corrected chi connectivity index (χ1v) is 7.58. The lowest BCUT2D eigenvalue weighted by Crippen LogP contribution is -2.41. The maximum absolute atomic E-state index is 12.1. The number of carboxylic acids is 1. The number of hydrogen-bond donors (Lipinski definition) is 2. The molecule has 112 valence electrons. The van der Waals surface area contributed by atoms with Crippen molar-refractivity contribution in [2.45, 2.75) is 26.8 Å². The average Bonchev–Trinajstić information content (AvgIpc) is 2.87. The molecule has 1 aromatic heterocycles. The Balaban J connectivity index is 2.60. The molecular formula is C14H22N2O3S. The van der Waals surface area contributed by atoms with E-state index in [9.17, 15) is 9.59 Å². The molecular weight excluding hydrogens is 276 g/mol. The summed E-state index contributed by atoms with van der Waals surface area (Å²) in [7, 11) is 0. The topological polar surface area (TPSA) is 69.6 Å². The fourth-order valence-corrected chi connectivity index (χ4v) is 2.88. The number of carbonyl (C=O) groups is 2. The van der Waals surface area contributed by atoms with Crippen molar-refractivity contribution in [2.24, 2.45) is 5.92 Å². The molecule has 0 aromatic carbocycles. The molecule has 20 heavy (non-hydrogen) atoms. The Bertz CT molecular complexity index is 432. The van der Waals surface area contributed by atoms with Crippen molar-refractivity contribution in [1.29, 1.82) is 0 Å². The lowest BCUT2D eigenvalue weighted by Gasteiger charge is -2.24. The molecule has 0 saturated heterocycles. The van der Waals surface area contributed by atoms with E-state index in [2.05, 4.69) is 19.2 Å². The van der Waals surface area contributed by atoms with Crippen molar-refractivity contribution < 1.29 is 14.7 Å². The highest BCUT2D eigenvalue weighted by Gasteiger charge is 2.20. The van der Waals surface area contributed by atoms with Gasteiger partial charge >= 0.3 is 5.97 Å². The summed E-state index contributed by atoms with van der Waals surface area (Å²) in [6.45, 7) is 6.48. The predicted octanol–water partition coefficient (Wildman–Crippen LogP) is 1.97. The Labute approximate surface area is 123 Å². The van der Waals surface area contributed by atoms with Crippen LogP contribution < -0.4 is 5.32 Å². The predicted molar refractivity (Wildman–Crippen MR) is 79.8 cm³/mol. The normalized spacial score (nSPS) is 12.7. The monoisotopic (exact) mass is 298 g/mol. The van der Waals surface area contributed by atoms with Crippen LogP contribution in [-0.2, 0) is 9.59 Å². The smallest absolute Gasteiger partial charge is 0.317 e. The number of thiophene rings is 1. The van der Waals surface area contributed by atoms with Crippen LogP contribution in [-0.4, -0.2) is 41.5 Å². The second-order valence-corrected chi connectivity index (χ2v) is 5.98. The van der Waals surface area contributed by atoms with E-state index in [1.807, 2.05) is 24.4 Å². The lowest BCUT2D eigenvalue weighted by molar-refractivity contribution is -0.138. The highest BCUT2D eigenvalue weighted by molar-refractivity contribution is 7.10. The zero-order valence-electron chi connectivity index (χ0n) is 12.1. The molecule has 2 N–H and O–H groups in total. The van der Waals surface area contributed by atoms with Crippen LogP contribution in [0.4, 0.5) is 0 Å². The summed E-state index contributed by atoms with van der Waals surface area (Å²) in [5, 5.41) is 13.8. The van der Waals surface area contributed by atoms with Gasteiger partial charge in [-0.25, -0.2) is 0 Å². The Morgan fingerprint density at radius 2 is 2.10 bits per heavy atom. The van der Waals surface area contributed by atoms with E-state index in [1.165, 1.54) is 0 Å². The van der Waals surface area contributed by atoms with Gasteiger partial charge in [-0.3, -0.25) is 14.5 Å². The summed E-state index contributed by atoms with van der Waals surface area (Å²) < 4.78 is 0. The van der Waals surface area contributed by atoms with Crippen LogP contribution in [0.15, 0.2) is 17.5 Å². The molecule has 1 rings (SSSR count). The van der Waals surface area contributed by atoms with E-state index in [1.54, 1.807) is 16.2 Å². The summed E-state index contributed by atoms with van der Waals surface area (Å²) in [6.07, 6.45) is 0. The first-order valence-electron chi connectivity index (χ1n) is 6.71. The van der Waals surface area contributed by atoms with Crippen LogP contribution in [0.25, 0.3) is 0 Å². The second kappa shape index (κ2) is 8.01. The van der Waals surface area contributed by atoms with Crippen LogP contribution in [0.1, 0.15) is 31.7 Å². The first-order chi connectivity index (χ1) is 9.43. The number of hydrogen-bond acceptors (Lipinski definition) is 4. The maximum atomic E-state index is 12.1. The summed E-state index contributed by atoms with van der Waals surface area (Å²) in [5.41, 5.74) is 0. The average molecular weight is 298 g/mol. The number of rotatable bonds is 8. The van der Waals surface area contributed by atoms with Crippen molar-refractivity contribution in [3.05, 3.63) is 22.4 Å². The van der Waals surface area contributed by atoms with Gasteiger partial charge in [0.1, 0.15) is 0 Å². The van der Waals surface area contributed by atoms with Gasteiger partial charge in [0, 0.05) is 4.88 Å². The molecule has 1 unspecified atom stereocenters. The molecule has 0 saturated carbocycles. The van der Waals surface area contributed by atoms with Crippen molar-refractivity contribution in [2.75, 3.05) is 19.6 Å². The number of likely N-dealkylation sites (N-methyl/N-ethyl adjacent to an activating group) is 1. The lowest BCUT2D eigenvalue weighted by atomic mass is 10.0. The largest absolute Gasteiger partial charge is 0.480 e. The molecule has 0 fully saturated rings. The number of amides is 1. The van der Waals surface area contributed by atoms with Gasteiger partial charge in [-0.05, 0) is 23.9 Å². The van der Waals surface area contributed by atoms with Gasteiger partial charge in [0.25, 0.3) is 0 Å². The van der Waals surface area contributed by atoms with E-state index >= 15 is 0 Å². The van der Waals surface area contributed by atoms with E-state index in [0.29, 0.717) is 6.54 Å². The van der Waals surface area contributed by atoms with Gasteiger partial charge in [0.2, 0.25) is 5.91 Å². The minimum Gasteiger partial charge on any atom is -0.480 e. The number of nitrogens with one attached hydrogen (secondary N) is 1. The Hall–Kier alpha value is -1.40. The summed E-state index contributed by atoms with van der Waals surface area (Å²) in [5.74, 6) is -0.773. The number of carbonyl (C=O) groups excluding carboxylic acids is 1. The highest BCUT2D eigenvalue weighted by atomic mass is 32.1. The molecule has 1 atom stereocenters. The van der Waals surface area contributed by atoms with Gasteiger partial charge in [0.15, 0.2) is 0 Å². The molecule has 0 aliphatic rings. The van der Waals surface area contributed by atoms with E-state index in [-0.39, 0.29) is 31.0 Å². The molecule has 0 radical (unpaired) electrons. The molecule has 5 nitrogen and oxygen atoms in total. The third-order valence-corrected chi connectivity index (χ3v) is 3.96. The zero-order valence-corrected chi connectivity index (χ0v) is 12.9. The van der Waals surface area contributed by atoms with Crippen LogP contribution in [0, 0.1) is 5.92 Å². The second-order valence-electron chi connectivity index (χ2n) is 5.00. The quantitative estimate of drug-likeness (QED) is 0.770. The number of nitrogens with zero attached hydrogens (tertiary/aromatic N) is 1. The van der Waals surface area contributed by atoms with Crippen molar-refractivity contribution in [1.82, 2.24) is 10.2 Å². The first kappa shape index (κ1) is 16.7. The third kappa shape index (κ3) is 5.30. The fourth-order valence-electron chi connectivity index (χ4n) is 1.93.